The van der Waals surface area contributed by atoms with Crippen molar-refractivity contribution in [2.45, 2.75) is 19.9 Å². The minimum absolute atomic E-state index is 0.151. The van der Waals surface area contributed by atoms with Gasteiger partial charge >= 0.3 is 5.97 Å². The van der Waals surface area contributed by atoms with E-state index in [1.54, 1.807) is 25.0 Å². The van der Waals surface area contributed by atoms with Crippen LogP contribution in [0.2, 0.25) is 0 Å². The molecule has 0 fully saturated rings. The Morgan fingerprint density at radius 3 is 2.78 bits per heavy atom. The lowest BCUT2D eigenvalue weighted by atomic mass is 10.1. The number of benzene rings is 1. The van der Waals surface area contributed by atoms with Crippen LogP contribution >= 0.6 is 0 Å². The minimum Gasteiger partial charge on any atom is -0.481 e. The van der Waals surface area contributed by atoms with Gasteiger partial charge in [0.2, 0.25) is 6.79 Å². The van der Waals surface area contributed by atoms with Crippen molar-refractivity contribution in [2.24, 2.45) is 0 Å². The number of carbonyl (C=O) groups excluding carboxylic acids is 1. The molecule has 2 aromatic rings. The first kappa shape index (κ1) is 18.8. The number of methoxy groups -OCH3 is 1. The molecule has 27 heavy (non-hydrogen) atoms. The third kappa shape index (κ3) is 4.22. The fourth-order valence-corrected chi connectivity index (χ4v) is 2.92. The highest BCUT2D eigenvalue weighted by atomic mass is 16.7. The van der Waals surface area contributed by atoms with Gasteiger partial charge in [-0.25, -0.2) is 0 Å². The second kappa shape index (κ2) is 8.13. The number of aryl methyl sites for hydroxylation is 1. The Kier molecular flexibility index (Phi) is 5.66. The molecule has 3 rings (SSSR count). The molecule has 0 spiro atoms. The van der Waals surface area contributed by atoms with Gasteiger partial charge in [-0.3, -0.25) is 9.59 Å². The van der Waals surface area contributed by atoms with Crippen molar-refractivity contribution in [3.05, 3.63) is 46.9 Å². The van der Waals surface area contributed by atoms with E-state index in [-0.39, 0.29) is 30.4 Å². The Labute approximate surface area is 156 Å². The average molecular weight is 375 g/mol. The van der Waals surface area contributed by atoms with Gasteiger partial charge in [0.1, 0.15) is 12.2 Å². The van der Waals surface area contributed by atoms with Gasteiger partial charge in [0.05, 0.1) is 18.4 Å². The van der Waals surface area contributed by atoms with Crippen LogP contribution in [0, 0.1) is 6.92 Å². The maximum absolute atomic E-state index is 13.1. The van der Waals surface area contributed by atoms with Crippen molar-refractivity contribution < 1.29 is 33.3 Å². The van der Waals surface area contributed by atoms with E-state index in [0.717, 1.165) is 5.56 Å². The Bertz CT molecular complexity index is 843. The Morgan fingerprint density at radius 1 is 1.26 bits per heavy atom. The molecule has 144 valence electrons. The van der Waals surface area contributed by atoms with Crippen molar-refractivity contribution in [2.75, 3.05) is 27.1 Å². The van der Waals surface area contributed by atoms with Gasteiger partial charge in [0.15, 0.2) is 11.5 Å². The lowest BCUT2D eigenvalue weighted by Crippen LogP contribution is -2.34. The van der Waals surface area contributed by atoms with E-state index in [1.807, 2.05) is 12.1 Å². The number of furan rings is 1. The molecule has 0 saturated heterocycles. The molecule has 1 amide bonds. The van der Waals surface area contributed by atoms with Crippen LogP contribution in [0.25, 0.3) is 0 Å². The molecule has 0 saturated carbocycles. The normalized spacial score (nSPS) is 12.2. The summed E-state index contributed by atoms with van der Waals surface area (Å²) in [6, 6.07) is 5.49. The molecular weight excluding hydrogens is 354 g/mol. The number of carboxylic acids is 1. The van der Waals surface area contributed by atoms with E-state index in [2.05, 4.69) is 0 Å². The monoisotopic (exact) mass is 375 g/mol. The molecule has 1 N–H and O–H groups in total. The van der Waals surface area contributed by atoms with Gasteiger partial charge in [0, 0.05) is 25.8 Å². The van der Waals surface area contributed by atoms with Crippen LogP contribution in [-0.2, 0) is 22.5 Å². The highest BCUT2D eigenvalue weighted by Crippen LogP contribution is 2.33. The molecule has 0 unspecified atom stereocenters. The van der Waals surface area contributed by atoms with E-state index in [0.29, 0.717) is 36.8 Å². The van der Waals surface area contributed by atoms with Crippen molar-refractivity contribution >= 4 is 11.9 Å². The number of amides is 1. The summed E-state index contributed by atoms with van der Waals surface area (Å²) < 4.78 is 21.1. The zero-order valence-electron chi connectivity index (χ0n) is 15.2. The SMILES string of the molecule is COCCN(Cc1ccc2c(c1)OCO2)C(=O)c1c(C)coc1CC(=O)O. The molecule has 8 heteroatoms. The highest BCUT2D eigenvalue weighted by molar-refractivity contribution is 5.97. The van der Waals surface area contributed by atoms with Crippen molar-refractivity contribution in [1.82, 2.24) is 4.90 Å². The van der Waals surface area contributed by atoms with Crippen LogP contribution in [0.15, 0.2) is 28.9 Å². The lowest BCUT2D eigenvalue weighted by Gasteiger charge is -2.23. The number of hydrogen-bond acceptors (Lipinski definition) is 6. The van der Waals surface area contributed by atoms with Crippen LogP contribution < -0.4 is 9.47 Å². The number of nitrogens with zero attached hydrogens (tertiary/aromatic N) is 1. The molecule has 2 heterocycles. The van der Waals surface area contributed by atoms with Gasteiger partial charge in [-0.2, -0.15) is 0 Å². The van der Waals surface area contributed by atoms with Gasteiger partial charge in [-0.1, -0.05) is 6.07 Å². The standard InChI is InChI=1S/C19H21NO7/c1-12-10-25-16(8-17(21)22)18(12)19(23)20(5-6-24-2)9-13-3-4-14-15(7-13)27-11-26-14/h3-4,7,10H,5-6,8-9,11H2,1-2H3,(H,21,22). The second-order valence-electron chi connectivity index (χ2n) is 6.19. The number of aliphatic carboxylic acids is 1. The molecule has 0 aliphatic carbocycles. The average Bonchev–Trinajstić information content (AvgIpc) is 3.23. The Hall–Kier alpha value is -3.00. The maximum Gasteiger partial charge on any atom is 0.311 e. The summed E-state index contributed by atoms with van der Waals surface area (Å²) in [6.07, 6.45) is 1.05. The fraction of sp³-hybridized carbons (Fsp3) is 0.368. The van der Waals surface area contributed by atoms with Crippen LogP contribution in [0.4, 0.5) is 0 Å². The highest BCUT2D eigenvalue weighted by Gasteiger charge is 2.25. The van der Waals surface area contributed by atoms with E-state index in [9.17, 15) is 9.59 Å². The molecule has 1 aromatic carbocycles. The lowest BCUT2D eigenvalue weighted by molar-refractivity contribution is -0.136. The molecule has 1 aliphatic rings. The predicted octanol–water partition coefficient (Wildman–Crippen LogP) is 2.23. The molecule has 0 atom stereocenters. The Balaban J connectivity index is 1.85. The second-order valence-corrected chi connectivity index (χ2v) is 6.19. The number of carboxylic acid groups (broad SMARTS) is 1. The molecule has 8 nitrogen and oxygen atoms in total. The topological polar surface area (TPSA) is 98.4 Å². The molecular formula is C19H21NO7. The quantitative estimate of drug-likeness (QED) is 0.755. The van der Waals surface area contributed by atoms with E-state index in [1.165, 1.54) is 6.26 Å². The summed E-state index contributed by atoms with van der Waals surface area (Å²) in [4.78, 5) is 25.8. The summed E-state index contributed by atoms with van der Waals surface area (Å²) in [7, 11) is 1.56. The summed E-state index contributed by atoms with van der Waals surface area (Å²) in [6.45, 7) is 2.91. The smallest absolute Gasteiger partial charge is 0.311 e. The predicted molar refractivity (Wildman–Crippen MR) is 94.0 cm³/mol. The third-order valence-corrected chi connectivity index (χ3v) is 4.24. The fourth-order valence-electron chi connectivity index (χ4n) is 2.92. The number of rotatable bonds is 8. The van der Waals surface area contributed by atoms with Crippen molar-refractivity contribution in [3.63, 3.8) is 0 Å². The number of hydrogen-bond donors (Lipinski definition) is 1. The first-order valence-electron chi connectivity index (χ1n) is 8.45. The summed E-state index contributed by atoms with van der Waals surface area (Å²) >= 11 is 0. The zero-order valence-corrected chi connectivity index (χ0v) is 15.2. The molecule has 1 aromatic heterocycles. The van der Waals surface area contributed by atoms with Crippen LogP contribution in [0.3, 0.4) is 0 Å². The summed E-state index contributed by atoms with van der Waals surface area (Å²) in [5, 5.41) is 9.06. The van der Waals surface area contributed by atoms with Crippen molar-refractivity contribution in [1.29, 1.82) is 0 Å². The number of carbonyl (C=O) groups is 2. The van der Waals surface area contributed by atoms with Crippen LogP contribution in [0.1, 0.15) is 27.2 Å². The molecule has 1 aliphatic heterocycles. The van der Waals surface area contributed by atoms with Gasteiger partial charge in [-0.15, -0.1) is 0 Å². The Morgan fingerprint density at radius 2 is 2.04 bits per heavy atom. The van der Waals surface area contributed by atoms with E-state index >= 15 is 0 Å². The number of ether oxygens (including phenoxy) is 3. The van der Waals surface area contributed by atoms with Gasteiger partial charge in [0.25, 0.3) is 5.91 Å². The first-order valence-corrected chi connectivity index (χ1v) is 8.45. The maximum atomic E-state index is 13.1. The molecule has 0 radical (unpaired) electrons. The van der Waals surface area contributed by atoms with E-state index in [4.69, 9.17) is 23.7 Å². The zero-order chi connectivity index (χ0) is 19.4. The first-order chi connectivity index (χ1) is 13.0. The number of fused-ring (bicyclic) bond motifs is 1. The van der Waals surface area contributed by atoms with Gasteiger partial charge < -0.3 is 28.6 Å². The van der Waals surface area contributed by atoms with E-state index < -0.39 is 5.97 Å². The largest absolute Gasteiger partial charge is 0.481 e. The van der Waals surface area contributed by atoms with Crippen LogP contribution in [-0.4, -0.2) is 48.9 Å². The third-order valence-electron chi connectivity index (χ3n) is 4.24. The minimum atomic E-state index is -1.06. The van der Waals surface area contributed by atoms with Gasteiger partial charge in [-0.05, 0) is 24.6 Å². The van der Waals surface area contributed by atoms with Crippen LogP contribution in [0.5, 0.6) is 11.5 Å². The van der Waals surface area contributed by atoms with Crippen molar-refractivity contribution in [3.8, 4) is 11.5 Å². The summed E-state index contributed by atoms with van der Waals surface area (Å²) in [5.41, 5.74) is 1.75. The molecule has 0 bridgehead atoms. The summed E-state index contributed by atoms with van der Waals surface area (Å²) in [5.74, 6) is 0.101.